The van der Waals surface area contributed by atoms with Crippen LogP contribution in [0.5, 0.6) is 5.75 Å². The molecule has 4 nitrogen and oxygen atoms in total. The molecule has 1 unspecified atom stereocenters. The van der Waals surface area contributed by atoms with Crippen LogP contribution in [0.3, 0.4) is 0 Å². The minimum absolute atomic E-state index is 0.00304. The van der Waals surface area contributed by atoms with Gasteiger partial charge in [0.15, 0.2) is 0 Å². The minimum atomic E-state index is -0.362. The SMILES string of the molecule is COC(=O)c1cc(C)ccc1NC(C)c1ccc(O)cc1. The second-order valence-electron chi connectivity index (χ2n) is 5.00. The number of aryl methyl sites for hydroxylation is 1. The number of aromatic hydroxyl groups is 1. The first-order valence-electron chi connectivity index (χ1n) is 6.75. The van der Waals surface area contributed by atoms with Crippen molar-refractivity contribution in [1.82, 2.24) is 0 Å². The first-order chi connectivity index (χ1) is 10.0. The van der Waals surface area contributed by atoms with E-state index in [-0.39, 0.29) is 17.8 Å². The number of phenols is 1. The third kappa shape index (κ3) is 3.54. The summed E-state index contributed by atoms with van der Waals surface area (Å²) < 4.78 is 4.82. The summed E-state index contributed by atoms with van der Waals surface area (Å²) in [4.78, 5) is 11.9. The average Bonchev–Trinajstić information content (AvgIpc) is 2.48. The fourth-order valence-corrected chi connectivity index (χ4v) is 2.14. The highest BCUT2D eigenvalue weighted by atomic mass is 16.5. The molecule has 2 aromatic rings. The second-order valence-corrected chi connectivity index (χ2v) is 5.00. The number of methoxy groups -OCH3 is 1. The highest BCUT2D eigenvalue weighted by molar-refractivity contribution is 5.95. The molecule has 1 atom stereocenters. The Bertz CT molecular complexity index is 635. The number of benzene rings is 2. The highest BCUT2D eigenvalue weighted by Crippen LogP contribution is 2.25. The number of hydrogen-bond acceptors (Lipinski definition) is 4. The molecule has 2 aromatic carbocycles. The van der Waals surface area contributed by atoms with Gasteiger partial charge in [0, 0.05) is 11.7 Å². The van der Waals surface area contributed by atoms with Crippen LogP contribution in [0.1, 0.15) is 34.5 Å². The molecule has 0 spiro atoms. The first-order valence-corrected chi connectivity index (χ1v) is 6.75. The Labute approximate surface area is 124 Å². The molecule has 0 saturated heterocycles. The van der Waals surface area contributed by atoms with Crippen LogP contribution in [0.25, 0.3) is 0 Å². The number of carbonyl (C=O) groups is 1. The van der Waals surface area contributed by atoms with Gasteiger partial charge < -0.3 is 15.2 Å². The Morgan fingerprint density at radius 2 is 1.86 bits per heavy atom. The third-order valence-electron chi connectivity index (χ3n) is 3.35. The number of phenolic OH excluding ortho intramolecular Hbond substituents is 1. The average molecular weight is 285 g/mol. The quantitative estimate of drug-likeness (QED) is 0.842. The number of carbonyl (C=O) groups excluding carboxylic acids is 1. The molecule has 21 heavy (non-hydrogen) atoms. The van der Waals surface area contributed by atoms with E-state index in [0.717, 1.165) is 16.8 Å². The first kappa shape index (κ1) is 14.9. The molecular formula is C17H19NO3. The molecule has 0 saturated carbocycles. The van der Waals surface area contributed by atoms with E-state index in [9.17, 15) is 9.90 Å². The summed E-state index contributed by atoms with van der Waals surface area (Å²) in [6.07, 6.45) is 0. The summed E-state index contributed by atoms with van der Waals surface area (Å²) >= 11 is 0. The number of ether oxygens (including phenoxy) is 1. The van der Waals surface area contributed by atoms with E-state index >= 15 is 0 Å². The van der Waals surface area contributed by atoms with Crippen molar-refractivity contribution in [2.24, 2.45) is 0 Å². The van der Waals surface area contributed by atoms with Crippen molar-refractivity contribution in [3.63, 3.8) is 0 Å². The lowest BCUT2D eigenvalue weighted by atomic mass is 10.1. The van der Waals surface area contributed by atoms with Crippen LogP contribution >= 0.6 is 0 Å². The van der Waals surface area contributed by atoms with E-state index in [1.807, 2.05) is 38.1 Å². The molecule has 110 valence electrons. The van der Waals surface area contributed by atoms with E-state index in [1.54, 1.807) is 18.2 Å². The van der Waals surface area contributed by atoms with Gasteiger partial charge in [0.2, 0.25) is 0 Å². The van der Waals surface area contributed by atoms with E-state index < -0.39 is 0 Å². The lowest BCUT2D eigenvalue weighted by Crippen LogP contribution is -2.12. The van der Waals surface area contributed by atoms with Crippen LogP contribution in [0.4, 0.5) is 5.69 Å². The smallest absolute Gasteiger partial charge is 0.339 e. The fraction of sp³-hybridized carbons (Fsp3) is 0.235. The summed E-state index contributed by atoms with van der Waals surface area (Å²) in [7, 11) is 1.37. The molecule has 0 aliphatic carbocycles. The number of nitrogens with one attached hydrogen (secondary N) is 1. The monoisotopic (exact) mass is 285 g/mol. The predicted octanol–water partition coefficient (Wildman–Crippen LogP) is 3.66. The number of rotatable bonds is 4. The topological polar surface area (TPSA) is 58.6 Å². The van der Waals surface area contributed by atoms with Crippen molar-refractivity contribution in [2.45, 2.75) is 19.9 Å². The molecule has 0 amide bonds. The number of esters is 1. The fourth-order valence-electron chi connectivity index (χ4n) is 2.14. The maximum atomic E-state index is 11.9. The van der Waals surface area contributed by atoms with Crippen molar-refractivity contribution in [3.05, 3.63) is 59.2 Å². The Hall–Kier alpha value is -2.49. The molecular weight excluding hydrogens is 266 g/mol. The van der Waals surface area contributed by atoms with Crippen LogP contribution < -0.4 is 5.32 Å². The van der Waals surface area contributed by atoms with Gasteiger partial charge in [-0.25, -0.2) is 4.79 Å². The number of anilines is 1. The lowest BCUT2D eigenvalue weighted by molar-refractivity contribution is 0.0601. The molecule has 0 fully saturated rings. The summed E-state index contributed by atoms with van der Waals surface area (Å²) in [5.74, 6) is -0.129. The van der Waals surface area contributed by atoms with Gasteiger partial charge in [-0.3, -0.25) is 0 Å². The van der Waals surface area contributed by atoms with Crippen molar-refractivity contribution in [2.75, 3.05) is 12.4 Å². The van der Waals surface area contributed by atoms with Crippen LogP contribution in [0.2, 0.25) is 0 Å². The molecule has 0 aromatic heterocycles. The van der Waals surface area contributed by atoms with Crippen LogP contribution in [0, 0.1) is 6.92 Å². The van der Waals surface area contributed by atoms with Gasteiger partial charge in [0.1, 0.15) is 5.75 Å². The van der Waals surface area contributed by atoms with Crippen molar-refractivity contribution in [3.8, 4) is 5.75 Å². The molecule has 0 aliphatic rings. The summed E-state index contributed by atoms with van der Waals surface area (Å²) in [6.45, 7) is 3.92. The van der Waals surface area contributed by atoms with E-state index in [2.05, 4.69) is 5.32 Å². The van der Waals surface area contributed by atoms with Crippen LogP contribution in [0.15, 0.2) is 42.5 Å². The zero-order valence-electron chi connectivity index (χ0n) is 12.4. The lowest BCUT2D eigenvalue weighted by Gasteiger charge is -2.18. The summed E-state index contributed by atoms with van der Waals surface area (Å²) in [5.41, 5.74) is 3.26. The van der Waals surface area contributed by atoms with Gasteiger partial charge in [-0.2, -0.15) is 0 Å². The normalized spacial score (nSPS) is 11.8. The highest BCUT2D eigenvalue weighted by Gasteiger charge is 2.14. The molecule has 0 radical (unpaired) electrons. The summed E-state index contributed by atoms with van der Waals surface area (Å²) in [5, 5.41) is 12.6. The predicted molar refractivity (Wildman–Crippen MR) is 82.7 cm³/mol. The van der Waals surface area contributed by atoms with Gasteiger partial charge in [-0.05, 0) is 43.7 Å². The molecule has 4 heteroatoms. The Morgan fingerprint density at radius 1 is 1.19 bits per heavy atom. The minimum Gasteiger partial charge on any atom is -0.508 e. The van der Waals surface area contributed by atoms with Crippen molar-refractivity contribution >= 4 is 11.7 Å². The Morgan fingerprint density at radius 3 is 2.48 bits per heavy atom. The molecule has 0 bridgehead atoms. The van der Waals surface area contributed by atoms with E-state index in [0.29, 0.717) is 5.56 Å². The largest absolute Gasteiger partial charge is 0.508 e. The van der Waals surface area contributed by atoms with Crippen LogP contribution in [-0.2, 0) is 4.74 Å². The van der Waals surface area contributed by atoms with E-state index in [1.165, 1.54) is 7.11 Å². The molecule has 2 rings (SSSR count). The summed E-state index contributed by atoms with van der Waals surface area (Å²) in [6, 6.07) is 12.6. The maximum absolute atomic E-state index is 11.9. The zero-order chi connectivity index (χ0) is 15.4. The van der Waals surface area contributed by atoms with Gasteiger partial charge in [-0.15, -0.1) is 0 Å². The van der Waals surface area contributed by atoms with Gasteiger partial charge >= 0.3 is 5.97 Å². The second kappa shape index (κ2) is 6.31. The third-order valence-corrected chi connectivity index (χ3v) is 3.35. The van der Waals surface area contributed by atoms with Crippen LogP contribution in [-0.4, -0.2) is 18.2 Å². The Balaban J connectivity index is 2.26. The standard InChI is InChI=1S/C17H19NO3/c1-11-4-9-16(15(10-11)17(20)21-3)18-12(2)13-5-7-14(19)8-6-13/h4-10,12,18-19H,1-3H3. The number of hydrogen-bond donors (Lipinski definition) is 2. The van der Waals surface area contributed by atoms with Gasteiger partial charge in [-0.1, -0.05) is 23.8 Å². The molecule has 2 N–H and O–H groups in total. The van der Waals surface area contributed by atoms with Crippen molar-refractivity contribution < 1.29 is 14.6 Å². The Kier molecular flexibility index (Phi) is 4.48. The van der Waals surface area contributed by atoms with Gasteiger partial charge in [0.05, 0.1) is 12.7 Å². The molecule has 0 aliphatic heterocycles. The van der Waals surface area contributed by atoms with Gasteiger partial charge in [0.25, 0.3) is 0 Å². The van der Waals surface area contributed by atoms with Crippen molar-refractivity contribution in [1.29, 1.82) is 0 Å². The maximum Gasteiger partial charge on any atom is 0.339 e. The molecule has 0 heterocycles. The van der Waals surface area contributed by atoms with E-state index in [4.69, 9.17) is 4.74 Å². The zero-order valence-corrected chi connectivity index (χ0v) is 12.4.